The van der Waals surface area contributed by atoms with E-state index in [0.717, 1.165) is 19.0 Å². The van der Waals surface area contributed by atoms with E-state index in [4.69, 9.17) is 4.74 Å². The lowest BCUT2D eigenvalue weighted by Gasteiger charge is -2.17. The Bertz CT molecular complexity index is 417. The summed E-state index contributed by atoms with van der Waals surface area (Å²) in [6.45, 7) is 8.64. The minimum absolute atomic E-state index is 0. The monoisotopic (exact) mass is 437 g/mol. The van der Waals surface area contributed by atoms with E-state index in [9.17, 15) is 0 Å². The van der Waals surface area contributed by atoms with E-state index in [1.54, 1.807) is 7.11 Å². The van der Waals surface area contributed by atoms with Gasteiger partial charge in [0.1, 0.15) is 0 Å². The highest BCUT2D eigenvalue weighted by Crippen LogP contribution is 2.22. The molecule has 2 atom stereocenters. The molecule has 22 heavy (non-hydrogen) atoms. The molecule has 0 aliphatic heterocycles. The van der Waals surface area contributed by atoms with Gasteiger partial charge < -0.3 is 15.4 Å². The first-order chi connectivity index (χ1) is 10.2. The number of thioether (sulfide) groups is 1. The molecule has 0 aliphatic rings. The lowest BCUT2D eigenvalue weighted by molar-refractivity contribution is 0.179. The molecule has 6 heteroatoms. The maximum atomic E-state index is 5.14. The summed E-state index contributed by atoms with van der Waals surface area (Å²) in [5.74, 6) is 0.850. The van der Waals surface area contributed by atoms with Crippen molar-refractivity contribution in [1.82, 2.24) is 10.6 Å². The molecule has 0 aliphatic carbocycles. The summed E-state index contributed by atoms with van der Waals surface area (Å²) in [6.07, 6.45) is 0. The second-order valence-electron chi connectivity index (χ2n) is 4.96. The van der Waals surface area contributed by atoms with E-state index in [-0.39, 0.29) is 30.0 Å². The predicted molar refractivity (Wildman–Crippen MR) is 108 cm³/mol. The topological polar surface area (TPSA) is 45.7 Å². The fourth-order valence-corrected chi connectivity index (χ4v) is 2.76. The third kappa shape index (κ3) is 9.53. The van der Waals surface area contributed by atoms with Gasteiger partial charge in [-0.25, -0.2) is 0 Å². The second kappa shape index (κ2) is 13.0. The Morgan fingerprint density at radius 2 is 1.95 bits per heavy atom. The molecule has 0 saturated carbocycles. The van der Waals surface area contributed by atoms with Crippen LogP contribution in [0.15, 0.2) is 40.2 Å². The van der Waals surface area contributed by atoms with Crippen molar-refractivity contribution < 1.29 is 4.74 Å². The Morgan fingerprint density at radius 3 is 2.55 bits per heavy atom. The number of halogens is 1. The SMILES string of the molecule is CCNC(=NCC(C)Sc1ccccc1)NC(C)COC.I. The van der Waals surface area contributed by atoms with Crippen LogP contribution in [0.1, 0.15) is 20.8 Å². The normalized spacial score (nSPS) is 13.9. The van der Waals surface area contributed by atoms with Crippen LogP contribution in [0.5, 0.6) is 0 Å². The fourth-order valence-electron chi connectivity index (χ4n) is 1.83. The summed E-state index contributed by atoms with van der Waals surface area (Å²) in [7, 11) is 1.71. The van der Waals surface area contributed by atoms with E-state index in [2.05, 4.69) is 60.7 Å². The Kier molecular flexibility index (Phi) is 12.7. The van der Waals surface area contributed by atoms with Crippen LogP contribution in [0.3, 0.4) is 0 Å². The number of rotatable bonds is 8. The van der Waals surface area contributed by atoms with Crippen LogP contribution in [0.25, 0.3) is 0 Å². The molecule has 0 aromatic heterocycles. The molecule has 1 rings (SSSR count). The van der Waals surface area contributed by atoms with Gasteiger partial charge in [0.2, 0.25) is 0 Å². The van der Waals surface area contributed by atoms with Crippen molar-refractivity contribution in [3.05, 3.63) is 30.3 Å². The van der Waals surface area contributed by atoms with Crippen LogP contribution >= 0.6 is 35.7 Å². The molecule has 0 spiro atoms. The van der Waals surface area contributed by atoms with Crippen LogP contribution in [0, 0.1) is 0 Å². The van der Waals surface area contributed by atoms with Crippen LogP contribution in [-0.2, 0) is 4.74 Å². The molecular formula is C16H28IN3OS. The van der Waals surface area contributed by atoms with Crippen LogP contribution in [-0.4, -0.2) is 44.1 Å². The van der Waals surface area contributed by atoms with Gasteiger partial charge >= 0.3 is 0 Å². The number of nitrogens with zero attached hydrogens (tertiary/aromatic N) is 1. The number of hydrogen-bond donors (Lipinski definition) is 2. The van der Waals surface area contributed by atoms with Crippen LogP contribution in [0.2, 0.25) is 0 Å². The molecular weight excluding hydrogens is 409 g/mol. The van der Waals surface area contributed by atoms with Gasteiger partial charge in [0.05, 0.1) is 13.2 Å². The highest BCUT2D eigenvalue weighted by Gasteiger charge is 2.07. The summed E-state index contributed by atoms with van der Waals surface area (Å²) in [4.78, 5) is 5.93. The average molecular weight is 437 g/mol. The summed E-state index contributed by atoms with van der Waals surface area (Å²) in [5.41, 5.74) is 0. The number of hydrogen-bond acceptors (Lipinski definition) is 3. The average Bonchev–Trinajstić information content (AvgIpc) is 2.46. The number of aliphatic imine (C=N–C) groups is 1. The van der Waals surface area contributed by atoms with Gasteiger partial charge in [0, 0.05) is 29.8 Å². The smallest absolute Gasteiger partial charge is 0.191 e. The summed E-state index contributed by atoms with van der Waals surface area (Å²) >= 11 is 1.85. The van der Waals surface area contributed by atoms with Gasteiger partial charge in [-0.2, -0.15) is 0 Å². The molecule has 0 fully saturated rings. The van der Waals surface area contributed by atoms with Crippen molar-refractivity contribution in [1.29, 1.82) is 0 Å². The fraction of sp³-hybridized carbons (Fsp3) is 0.562. The Balaban J connectivity index is 0.00000441. The first-order valence-corrected chi connectivity index (χ1v) is 8.29. The zero-order valence-electron chi connectivity index (χ0n) is 13.8. The molecule has 0 amide bonds. The molecule has 2 unspecified atom stereocenters. The van der Waals surface area contributed by atoms with E-state index in [1.807, 2.05) is 17.8 Å². The van der Waals surface area contributed by atoms with E-state index < -0.39 is 0 Å². The van der Waals surface area contributed by atoms with E-state index in [1.165, 1.54) is 4.90 Å². The van der Waals surface area contributed by atoms with E-state index in [0.29, 0.717) is 11.9 Å². The Morgan fingerprint density at radius 1 is 1.27 bits per heavy atom. The van der Waals surface area contributed by atoms with Crippen molar-refractivity contribution in [2.75, 3.05) is 26.8 Å². The van der Waals surface area contributed by atoms with Gasteiger partial charge in [-0.15, -0.1) is 35.7 Å². The largest absolute Gasteiger partial charge is 0.383 e. The lowest BCUT2D eigenvalue weighted by atomic mass is 10.4. The van der Waals surface area contributed by atoms with Crippen molar-refractivity contribution in [2.45, 2.75) is 37.0 Å². The molecule has 1 aromatic carbocycles. The van der Waals surface area contributed by atoms with Crippen LogP contribution in [0.4, 0.5) is 0 Å². The van der Waals surface area contributed by atoms with Gasteiger partial charge in [0.15, 0.2) is 5.96 Å². The van der Waals surface area contributed by atoms with Gasteiger partial charge in [-0.05, 0) is 26.0 Å². The van der Waals surface area contributed by atoms with Gasteiger partial charge in [-0.1, -0.05) is 25.1 Å². The zero-order chi connectivity index (χ0) is 15.5. The number of methoxy groups -OCH3 is 1. The molecule has 0 heterocycles. The molecule has 0 radical (unpaired) electrons. The minimum atomic E-state index is 0. The number of nitrogens with one attached hydrogen (secondary N) is 2. The maximum absolute atomic E-state index is 5.14. The highest BCUT2D eigenvalue weighted by molar-refractivity contribution is 14.0. The summed E-state index contributed by atoms with van der Waals surface area (Å²) in [5, 5.41) is 7.04. The summed E-state index contributed by atoms with van der Waals surface area (Å²) < 4.78 is 5.14. The Labute approximate surface area is 155 Å². The van der Waals surface area contributed by atoms with Crippen molar-refractivity contribution >= 4 is 41.7 Å². The van der Waals surface area contributed by atoms with Crippen molar-refractivity contribution in [3.8, 4) is 0 Å². The molecule has 126 valence electrons. The molecule has 4 nitrogen and oxygen atoms in total. The van der Waals surface area contributed by atoms with E-state index >= 15 is 0 Å². The molecule has 0 bridgehead atoms. The third-order valence-corrected chi connectivity index (χ3v) is 3.83. The molecule has 0 saturated heterocycles. The number of benzene rings is 1. The molecule has 2 N–H and O–H groups in total. The Hall–Kier alpha value is -0.470. The zero-order valence-corrected chi connectivity index (χ0v) is 17.0. The number of guanidine groups is 1. The third-order valence-electron chi connectivity index (χ3n) is 2.73. The van der Waals surface area contributed by atoms with Crippen molar-refractivity contribution in [2.24, 2.45) is 4.99 Å². The maximum Gasteiger partial charge on any atom is 0.191 e. The first-order valence-electron chi connectivity index (χ1n) is 7.41. The number of ether oxygens (including phenoxy) is 1. The lowest BCUT2D eigenvalue weighted by Crippen LogP contribution is -2.44. The standard InChI is InChI=1S/C16H27N3OS.HI/c1-5-17-16(19-13(2)12-20-4)18-11-14(3)21-15-9-7-6-8-10-15;/h6-10,13-14H,5,11-12H2,1-4H3,(H2,17,18,19);1H. The molecule has 1 aromatic rings. The van der Waals surface area contributed by atoms with Gasteiger partial charge in [-0.3, -0.25) is 4.99 Å². The predicted octanol–water partition coefficient (Wildman–Crippen LogP) is 3.38. The van der Waals surface area contributed by atoms with Gasteiger partial charge in [0.25, 0.3) is 0 Å². The second-order valence-corrected chi connectivity index (χ2v) is 6.47. The first kappa shape index (κ1) is 21.5. The van der Waals surface area contributed by atoms with Crippen LogP contribution < -0.4 is 10.6 Å². The summed E-state index contributed by atoms with van der Waals surface area (Å²) in [6, 6.07) is 10.7. The highest BCUT2D eigenvalue weighted by atomic mass is 127. The minimum Gasteiger partial charge on any atom is -0.383 e. The quantitative estimate of drug-likeness (QED) is 0.283. The van der Waals surface area contributed by atoms with Crippen molar-refractivity contribution in [3.63, 3.8) is 0 Å².